The minimum Gasteiger partial charge on any atom is -0.340 e. The molecule has 1 aromatic carbocycles. The summed E-state index contributed by atoms with van der Waals surface area (Å²) < 4.78 is 13.0. The maximum Gasteiger partial charge on any atom is 0.216 e. The molecule has 0 amide bonds. The summed E-state index contributed by atoms with van der Waals surface area (Å²) in [4.78, 5) is 11.9. The van der Waals surface area contributed by atoms with Gasteiger partial charge in [-0.3, -0.25) is 4.79 Å². The Kier molecular flexibility index (Phi) is 2.74. The first-order valence-electron chi connectivity index (χ1n) is 5.13. The van der Waals surface area contributed by atoms with Gasteiger partial charge < -0.3 is 9.47 Å². The van der Waals surface area contributed by atoms with E-state index in [-0.39, 0.29) is 5.78 Å². The molecule has 0 saturated carbocycles. The van der Waals surface area contributed by atoms with Gasteiger partial charge in [0.2, 0.25) is 5.79 Å². The Labute approximate surface area is 115 Å². The Morgan fingerprint density at radius 1 is 1.12 bits per heavy atom. The molecule has 0 bridgehead atoms. The minimum absolute atomic E-state index is 0.0297. The Balaban J connectivity index is 2.24. The van der Waals surface area contributed by atoms with Crippen molar-refractivity contribution in [1.82, 2.24) is 0 Å². The molecule has 0 radical (unpaired) electrons. The van der Waals surface area contributed by atoms with E-state index < -0.39 is 5.79 Å². The molecule has 1 heterocycles. The molecule has 1 aromatic rings. The number of halogens is 2. The fourth-order valence-corrected chi connectivity index (χ4v) is 2.77. The van der Waals surface area contributed by atoms with Crippen molar-refractivity contribution in [2.45, 2.75) is 5.79 Å². The number of fused-ring (bicyclic) bond motifs is 2. The van der Waals surface area contributed by atoms with E-state index >= 15 is 0 Å². The molecule has 2 aliphatic rings. The highest BCUT2D eigenvalue weighted by atomic mass is 79.9. The predicted molar refractivity (Wildman–Crippen MR) is 68.9 cm³/mol. The van der Waals surface area contributed by atoms with E-state index in [0.717, 1.165) is 14.5 Å². The van der Waals surface area contributed by atoms with Crippen LogP contribution in [-0.4, -0.2) is 19.0 Å². The molecule has 1 spiro atoms. The highest BCUT2D eigenvalue weighted by molar-refractivity contribution is 9.13. The second-order valence-corrected chi connectivity index (χ2v) is 5.58. The van der Waals surface area contributed by atoms with Crippen molar-refractivity contribution in [1.29, 1.82) is 0 Å². The average Bonchev–Trinajstić information content (AvgIpc) is 2.77. The van der Waals surface area contributed by atoms with E-state index in [0.29, 0.717) is 18.8 Å². The lowest BCUT2D eigenvalue weighted by atomic mass is 9.91. The molecule has 5 heteroatoms. The second kappa shape index (κ2) is 4.02. The molecule has 0 N–H and O–H groups in total. The standard InChI is InChI=1S/C12H8Br2O3/c13-9-5-7-8(6-10(9)14)12(2-1-11(7)15)16-3-4-17-12/h1-2,5-6H,3-4H2. The molecule has 17 heavy (non-hydrogen) atoms. The molecule has 3 nitrogen and oxygen atoms in total. The summed E-state index contributed by atoms with van der Waals surface area (Å²) in [5.41, 5.74) is 1.38. The van der Waals surface area contributed by atoms with Crippen LogP contribution in [-0.2, 0) is 15.3 Å². The van der Waals surface area contributed by atoms with Crippen LogP contribution in [0.25, 0.3) is 0 Å². The summed E-state index contributed by atoms with van der Waals surface area (Å²) in [7, 11) is 0. The van der Waals surface area contributed by atoms with Crippen LogP contribution in [0, 0.1) is 0 Å². The molecule has 0 atom stereocenters. The average molecular weight is 360 g/mol. The van der Waals surface area contributed by atoms with Crippen LogP contribution in [0.2, 0.25) is 0 Å². The fourth-order valence-electron chi connectivity index (χ4n) is 2.08. The summed E-state index contributed by atoms with van der Waals surface area (Å²) in [6.45, 7) is 1.07. The van der Waals surface area contributed by atoms with E-state index in [9.17, 15) is 4.79 Å². The number of allylic oxidation sites excluding steroid dienone is 1. The van der Waals surface area contributed by atoms with Crippen molar-refractivity contribution in [2.75, 3.05) is 13.2 Å². The zero-order valence-corrected chi connectivity index (χ0v) is 11.9. The molecule has 1 aliphatic carbocycles. The van der Waals surface area contributed by atoms with Crippen LogP contribution in [0.3, 0.4) is 0 Å². The minimum atomic E-state index is -0.882. The van der Waals surface area contributed by atoms with Crippen molar-refractivity contribution in [2.24, 2.45) is 0 Å². The van der Waals surface area contributed by atoms with Gasteiger partial charge >= 0.3 is 0 Å². The van der Waals surface area contributed by atoms with E-state index in [1.54, 1.807) is 12.1 Å². The van der Waals surface area contributed by atoms with Crippen molar-refractivity contribution in [3.63, 3.8) is 0 Å². The van der Waals surface area contributed by atoms with Gasteiger partial charge in [-0.15, -0.1) is 0 Å². The third-order valence-corrected chi connectivity index (χ3v) is 4.72. The van der Waals surface area contributed by atoms with Crippen LogP contribution in [0.4, 0.5) is 0 Å². The molecule has 0 unspecified atom stereocenters. The highest BCUT2D eigenvalue weighted by Gasteiger charge is 2.41. The van der Waals surface area contributed by atoms with Crippen molar-refractivity contribution in [3.05, 3.63) is 44.4 Å². The van der Waals surface area contributed by atoms with Gasteiger partial charge in [-0.2, -0.15) is 0 Å². The summed E-state index contributed by atoms with van der Waals surface area (Å²) in [6, 6.07) is 3.66. The Bertz CT molecular complexity index is 531. The molecular weight excluding hydrogens is 352 g/mol. The number of carbonyl (C=O) groups excluding carboxylic acids is 1. The Morgan fingerprint density at radius 2 is 1.76 bits per heavy atom. The zero-order chi connectivity index (χ0) is 12.0. The van der Waals surface area contributed by atoms with E-state index in [1.165, 1.54) is 6.08 Å². The summed E-state index contributed by atoms with van der Waals surface area (Å²) >= 11 is 6.83. The quantitative estimate of drug-likeness (QED) is 0.713. The van der Waals surface area contributed by atoms with Gasteiger partial charge in [0.25, 0.3) is 0 Å². The monoisotopic (exact) mass is 358 g/mol. The molecule has 88 valence electrons. The number of rotatable bonds is 0. The van der Waals surface area contributed by atoms with Gasteiger partial charge in [0.05, 0.1) is 13.2 Å². The smallest absolute Gasteiger partial charge is 0.216 e. The van der Waals surface area contributed by atoms with Crippen LogP contribution in [0.15, 0.2) is 33.2 Å². The number of benzene rings is 1. The lowest BCUT2D eigenvalue weighted by Gasteiger charge is -2.29. The van der Waals surface area contributed by atoms with Crippen LogP contribution in [0.1, 0.15) is 15.9 Å². The van der Waals surface area contributed by atoms with E-state index in [2.05, 4.69) is 31.9 Å². The molecule has 1 aliphatic heterocycles. The van der Waals surface area contributed by atoms with Gasteiger partial charge in [-0.1, -0.05) is 0 Å². The molecule has 1 fully saturated rings. The Hall–Kier alpha value is -0.490. The van der Waals surface area contributed by atoms with Crippen LogP contribution < -0.4 is 0 Å². The third kappa shape index (κ3) is 1.73. The lowest BCUT2D eigenvalue weighted by Crippen LogP contribution is -2.30. The lowest BCUT2D eigenvalue weighted by molar-refractivity contribution is -0.124. The van der Waals surface area contributed by atoms with Gasteiger partial charge in [0, 0.05) is 20.1 Å². The van der Waals surface area contributed by atoms with Crippen LogP contribution >= 0.6 is 31.9 Å². The van der Waals surface area contributed by atoms with Gasteiger partial charge in [-0.25, -0.2) is 0 Å². The first-order chi connectivity index (χ1) is 8.12. The fraction of sp³-hybridized carbons (Fsp3) is 0.250. The first kappa shape index (κ1) is 11.6. The first-order valence-corrected chi connectivity index (χ1v) is 6.72. The number of ether oxygens (including phenoxy) is 2. The van der Waals surface area contributed by atoms with Gasteiger partial charge in [-0.05, 0) is 56.1 Å². The number of carbonyl (C=O) groups is 1. The predicted octanol–water partition coefficient (Wildman–Crippen LogP) is 3.16. The normalized spacial score (nSPS) is 20.9. The van der Waals surface area contributed by atoms with Crippen molar-refractivity contribution in [3.8, 4) is 0 Å². The number of hydrogen-bond acceptors (Lipinski definition) is 3. The summed E-state index contributed by atoms with van der Waals surface area (Å²) in [5, 5.41) is 0. The molecule has 1 saturated heterocycles. The zero-order valence-electron chi connectivity index (χ0n) is 8.70. The molecular formula is C12H8Br2O3. The molecule has 0 aromatic heterocycles. The van der Waals surface area contributed by atoms with E-state index in [1.807, 2.05) is 6.07 Å². The van der Waals surface area contributed by atoms with Crippen molar-refractivity contribution < 1.29 is 14.3 Å². The Morgan fingerprint density at radius 3 is 2.47 bits per heavy atom. The van der Waals surface area contributed by atoms with Gasteiger partial charge in [0.1, 0.15) is 0 Å². The number of ketones is 1. The van der Waals surface area contributed by atoms with Gasteiger partial charge in [0.15, 0.2) is 5.78 Å². The third-order valence-electron chi connectivity index (χ3n) is 2.87. The summed E-state index contributed by atoms with van der Waals surface area (Å²) in [6.07, 6.45) is 3.19. The summed E-state index contributed by atoms with van der Waals surface area (Å²) in [5.74, 6) is -0.912. The number of hydrogen-bond donors (Lipinski definition) is 0. The molecule has 3 rings (SSSR count). The topological polar surface area (TPSA) is 35.5 Å². The maximum atomic E-state index is 11.9. The maximum absolute atomic E-state index is 11.9. The SMILES string of the molecule is O=C1C=CC2(OCCO2)c2cc(Br)c(Br)cc21. The highest BCUT2D eigenvalue weighted by Crippen LogP contribution is 2.41. The largest absolute Gasteiger partial charge is 0.340 e. The van der Waals surface area contributed by atoms with Crippen molar-refractivity contribution >= 4 is 37.6 Å². The second-order valence-electron chi connectivity index (χ2n) is 3.87. The van der Waals surface area contributed by atoms with E-state index in [4.69, 9.17) is 9.47 Å². The van der Waals surface area contributed by atoms with Crippen LogP contribution in [0.5, 0.6) is 0 Å².